The summed E-state index contributed by atoms with van der Waals surface area (Å²) < 4.78 is 6.00. The summed E-state index contributed by atoms with van der Waals surface area (Å²) in [4.78, 5) is 13.0. The van der Waals surface area contributed by atoms with Crippen LogP contribution in [0, 0.1) is 6.92 Å². The number of benzene rings is 2. The van der Waals surface area contributed by atoms with Gasteiger partial charge in [-0.05, 0) is 63.2 Å². The predicted octanol–water partition coefficient (Wildman–Crippen LogP) is 4.60. The van der Waals surface area contributed by atoms with E-state index in [1.165, 1.54) is 32.6 Å². The number of nitrogens with one attached hydrogen (secondary N) is 1. The van der Waals surface area contributed by atoms with Crippen molar-refractivity contribution in [2.45, 2.75) is 19.8 Å². The Bertz CT molecular complexity index is 924. The summed E-state index contributed by atoms with van der Waals surface area (Å²) in [5.74, 6) is 1.72. The van der Waals surface area contributed by atoms with Crippen LogP contribution in [0.25, 0.3) is 22.4 Å². The molecule has 0 bridgehead atoms. The quantitative estimate of drug-likeness (QED) is 0.576. The summed E-state index contributed by atoms with van der Waals surface area (Å²) in [6, 6.07) is 12.1. The van der Waals surface area contributed by atoms with E-state index < -0.39 is 0 Å². The summed E-state index contributed by atoms with van der Waals surface area (Å²) in [6.07, 6.45) is 2.24. The molecule has 0 atom stereocenters. The van der Waals surface area contributed by atoms with Crippen molar-refractivity contribution in [2.75, 3.05) is 46.4 Å². The van der Waals surface area contributed by atoms with Crippen LogP contribution >= 0.6 is 11.6 Å². The van der Waals surface area contributed by atoms with Crippen LogP contribution in [0.1, 0.15) is 18.4 Å². The first kappa shape index (κ1) is 20.2. The molecule has 1 aliphatic rings. The van der Waals surface area contributed by atoms with E-state index in [4.69, 9.17) is 16.3 Å². The average Bonchev–Trinajstić information content (AvgIpc) is 3.12. The third-order valence-electron chi connectivity index (χ3n) is 5.60. The summed E-state index contributed by atoms with van der Waals surface area (Å²) in [7, 11) is 2.20. The Morgan fingerprint density at radius 2 is 1.93 bits per heavy atom. The van der Waals surface area contributed by atoms with Crippen LogP contribution in [-0.2, 0) is 0 Å². The molecule has 0 radical (unpaired) electrons. The highest BCUT2D eigenvalue weighted by molar-refractivity contribution is 6.32. The van der Waals surface area contributed by atoms with E-state index in [1.807, 2.05) is 43.3 Å². The molecule has 1 aromatic heterocycles. The first-order valence-corrected chi connectivity index (χ1v) is 10.8. The number of likely N-dealkylation sites (N-methyl/N-ethyl adjacent to an activating group) is 1. The second-order valence-corrected chi connectivity index (χ2v) is 8.34. The number of fused-ring (bicyclic) bond motifs is 1. The second kappa shape index (κ2) is 9.16. The minimum absolute atomic E-state index is 0.740. The molecule has 0 saturated carbocycles. The zero-order valence-corrected chi connectivity index (χ0v) is 18.0. The number of imidazole rings is 1. The Hall–Kier alpha value is -2.08. The lowest BCUT2D eigenvalue weighted by Crippen LogP contribution is -2.44. The van der Waals surface area contributed by atoms with E-state index in [0.717, 1.165) is 58.3 Å². The molecule has 1 saturated heterocycles. The van der Waals surface area contributed by atoms with Gasteiger partial charge in [-0.15, -0.1) is 0 Å². The zero-order chi connectivity index (χ0) is 20.2. The van der Waals surface area contributed by atoms with E-state index in [9.17, 15) is 0 Å². The Morgan fingerprint density at radius 3 is 2.76 bits per heavy atom. The molecule has 3 aromatic rings. The van der Waals surface area contributed by atoms with Crippen molar-refractivity contribution in [1.29, 1.82) is 0 Å². The molecule has 2 heterocycles. The molecule has 0 amide bonds. The summed E-state index contributed by atoms with van der Waals surface area (Å²) in [5, 5.41) is 0.740. The topological polar surface area (TPSA) is 44.4 Å². The van der Waals surface area contributed by atoms with Crippen molar-refractivity contribution in [1.82, 2.24) is 19.8 Å². The number of hydrogen-bond donors (Lipinski definition) is 1. The number of rotatable bonds is 7. The Morgan fingerprint density at radius 1 is 1.10 bits per heavy atom. The standard InChI is InChI=1S/C23H29ClN4O/c1-17-14-21-22(16-20(17)24)26-23(25-21)18-6-5-7-19(15-18)29-13-4-3-8-28-11-9-27(2)10-12-28/h5-7,14-16H,3-4,8-13H2,1-2H3,(H,25,26). The summed E-state index contributed by atoms with van der Waals surface area (Å²) in [6.45, 7) is 8.63. The van der Waals surface area contributed by atoms with Crippen molar-refractivity contribution < 1.29 is 4.74 Å². The zero-order valence-electron chi connectivity index (χ0n) is 17.2. The molecular formula is C23H29ClN4O. The molecule has 1 N–H and O–H groups in total. The van der Waals surface area contributed by atoms with Gasteiger partial charge in [0.2, 0.25) is 0 Å². The normalized spacial score (nSPS) is 15.8. The monoisotopic (exact) mass is 412 g/mol. The fourth-order valence-electron chi connectivity index (χ4n) is 3.71. The highest BCUT2D eigenvalue weighted by Crippen LogP contribution is 2.27. The van der Waals surface area contributed by atoms with Gasteiger partial charge in [-0.3, -0.25) is 0 Å². The second-order valence-electron chi connectivity index (χ2n) is 7.93. The number of unbranched alkanes of at least 4 members (excludes halogenated alkanes) is 1. The van der Waals surface area contributed by atoms with Crippen LogP contribution in [0.5, 0.6) is 5.75 Å². The van der Waals surface area contributed by atoms with Gasteiger partial charge in [0.05, 0.1) is 17.6 Å². The number of aromatic amines is 1. The van der Waals surface area contributed by atoms with Crippen LogP contribution in [0.3, 0.4) is 0 Å². The number of nitrogens with zero attached hydrogens (tertiary/aromatic N) is 3. The fourth-order valence-corrected chi connectivity index (χ4v) is 3.87. The summed E-state index contributed by atoms with van der Waals surface area (Å²) in [5.41, 5.74) is 3.94. The number of piperazine rings is 1. The molecule has 6 heteroatoms. The van der Waals surface area contributed by atoms with Gasteiger partial charge >= 0.3 is 0 Å². The maximum Gasteiger partial charge on any atom is 0.138 e. The molecule has 4 rings (SSSR count). The van der Waals surface area contributed by atoms with Crippen LogP contribution in [0.2, 0.25) is 5.02 Å². The smallest absolute Gasteiger partial charge is 0.138 e. The third-order valence-corrected chi connectivity index (χ3v) is 6.01. The number of aromatic nitrogens is 2. The molecule has 5 nitrogen and oxygen atoms in total. The average molecular weight is 413 g/mol. The lowest BCUT2D eigenvalue weighted by atomic mass is 10.2. The molecule has 0 aliphatic carbocycles. The van der Waals surface area contributed by atoms with E-state index in [2.05, 4.69) is 26.8 Å². The first-order valence-electron chi connectivity index (χ1n) is 10.4. The van der Waals surface area contributed by atoms with Gasteiger partial charge in [-0.2, -0.15) is 0 Å². The molecule has 2 aromatic carbocycles. The van der Waals surface area contributed by atoms with Gasteiger partial charge in [0.25, 0.3) is 0 Å². The largest absolute Gasteiger partial charge is 0.494 e. The maximum atomic E-state index is 6.23. The van der Waals surface area contributed by atoms with Crippen molar-refractivity contribution in [2.24, 2.45) is 0 Å². The predicted molar refractivity (Wildman–Crippen MR) is 120 cm³/mol. The van der Waals surface area contributed by atoms with Gasteiger partial charge in [0.15, 0.2) is 0 Å². The van der Waals surface area contributed by atoms with Crippen molar-refractivity contribution in [3.8, 4) is 17.1 Å². The lowest BCUT2D eigenvalue weighted by Gasteiger charge is -2.32. The van der Waals surface area contributed by atoms with E-state index in [0.29, 0.717) is 0 Å². The third kappa shape index (κ3) is 5.10. The molecule has 0 spiro atoms. The van der Waals surface area contributed by atoms with Crippen molar-refractivity contribution in [3.05, 3.63) is 47.0 Å². The molecular weight excluding hydrogens is 384 g/mol. The first-order chi connectivity index (χ1) is 14.1. The highest BCUT2D eigenvalue weighted by Gasteiger charge is 2.13. The Balaban J connectivity index is 1.31. The van der Waals surface area contributed by atoms with Crippen LogP contribution < -0.4 is 4.74 Å². The van der Waals surface area contributed by atoms with Gasteiger partial charge in [-0.1, -0.05) is 23.7 Å². The maximum absolute atomic E-state index is 6.23. The van der Waals surface area contributed by atoms with Gasteiger partial charge in [0, 0.05) is 36.8 Å². The lowest BCUT2D eigenvalue weighted by molar-refractivity contribution is 0.150. The van der Waals surface area contributed by atoms with E-state index >= 15 is 0 Å². The molecule has 1 aliphatic heterocycles. The minimum atomic E-state index is 0.740. The molecule has 0 unspecified atom stereocenters. The number of hydrogen-bond acceptors (Lipinski definition) is 4. The minimum Gasteiger partial charge on any atom is -0.494 e. The van der Waals surface area contributed by atoms with Gasteiger partial charge < -0.3 is 19.5 Å². The Labute approximate surface area is 177 Å². The van der Waals surface area contributed by atoms with Crippen LogP contribution in [0.4, 0.5) is 0 Å². The fraction of sp³-hybridized carbons (Fsp3) is 0.435. The van der Waals surface area contributed by atoms with E-state index in [-0.39, 0.29) is 0 Å². The SMILES string of the molecule is Cc1cc2[nH]c(-c3cccc(OCCCCN4CCN(C)CC4)c3)nc2cc1Cl. The van der Waals surface area contributed by atoms with Crippen molar-refractivity contribution in [3.63, 3.8) is 0 Å². The van der Waals surface area contributed by atoms with Crippen molar-refractivity contribution >= 4 is 22.6 Å². The molecule has 29 heavy (non-hydrogen) atoms. The Kier molecular flexibility index (Phi) is 6.38. The van der Waals surface area contributed by atoms with E-state index in [1.54, 1.807) is 0 Å². The van der Waals surface area contributed by atoms with Crippen LogP contribution in [-0.4, -0.2) is 66.1 Å². The van der Waals surface area contributed by atoms with Crippen LogP contribution in [0.15, 0.2) is 36.4 Å². The molecule has 1 fully saturated rings. The molecule has 154 valence electrons. The van der Waals surface area contributed by atoms with Gasteiger partial charge in [0.1, 0.15) is 11.6 Å². The number of aryl methyl sites for hydroxylation is 1. The number of ether oxygens (including phenoxy) is 1. The number of halogens is 1. The summed E-state index contributed by atoms with van der Waals surface area (Å²) >= 11 is 6.23. The highest BCUT2D eigenvalue weighted by atomic mass is 35.5. The number of H-pyrrole nitrogens is 1. The van der Waals surface area contributed by atoms with Gasteiger partial charge in [-0.25, -0.2) is 4.98 Å².